The van der Waals surface area contributed by atoms with Crippen LogP contribution in [0.3, 0.4) is 0 Å². The molecule has 0 saturated heterocycles. The predicted octanol–water partition coefficient (Wildman–Crippen LogP) is 7.34. The molecule has 43 heavy (non-hydrogen) atoms. The Labute approximate surface area is 254 Å². The summed E-state index contributed by atoms with van der Waals surface area (Å²) in [7, 11) is 0. The van der Waals surface area contributed by atoms with Crippen molar-refractivity contribution >= 4 is 33.9 Å². The highest BCUT2D eigenvalue weighted by Crippen LogP contribution is 2.49. The first-order valence-electron chi connectivity index (χ1n) is 14.6. The molecule has 2 N–H and O–H groups in total. The van der Waals surface area contributed by atoms with E-state index in [4.69, 9.17) is 11.6 Å². The molecule has 0 amide bonds. The van der Waals surface area contributed by atoms with Crippen molar-refractivity contribution in [1.82, 2.24) is 20.0 Å². The van der Waals surface area contributed by atoms with Gasteiger partial charge in [-0.25, -0.2) is 9.07 Å². The van der Waals surface area contributed by atoms with E-state index >= 15 is 0 Å². The Bertz CT molecular complexity index is 1950. The number of pyridine rings is 1. The Balaban J connectivity index is 1.33. The number of halogens is 2. The minimum Gasteiger partial charge on any atom is -0.376 e. The Hall–Kier alpha value is -4.99. The van der Waals surface area contributed by atoms with Gasteiger partial charge in [-0.3, -0.25) is 4.98 Å². The second kappa shape index (κ2) is 11.0. The number of hydrogen-bond donors (Lipinski definition) is 2. The lowest BCUT2D eigenvalue weighted by atomic mass is 9.99. The van der Waals surface area contributed by atoms with Crippen LogP contribution in [-0.4, -0.2) is 20.0 Å². The molecule has 3 aromatic carbocycles. The summed E-state index contributed by atoms with van der Waals surface area (Å²) in [6, 6.07) is 22.0. The molecule has 2 saturated carbocycles. The number of nitrogens with one attached hydrogen (secondary N) is 2. The standard InChI is InChI=1S/C33H26ClFN8/c34-28-14-24(39-32(20-6-8-23(35)9-7-20)29-18-43(42-41-29)25-10-11-25)13-27-31(22(16-37)17-38-33(27)28)40-30(26-12-21(26)15-36)19-4-2-1-3-5-19/h1-9,13-14,17-18,21,25-26,30,32,39H,10-12H2,(H,38,40)/t21-,26+,30?,32?/m0/s1/i32D. The first-order chi connectivity index (χ1) is 21.4. The molecule has 2 aliphatic rings. The molecule has 2 aliphatic carbocycles. The summed E-state index contributed by atoms with van der Waals surface area (Å²) in [4.78, 5) is 4.49. The number of fused-ring (bicyclic) bond motifs is 1. The lowest BCUT2D eigenvalue weighted by molar-refractivity contribution is 0.610. The van der Waals surface area contributed by atoms with Crippen molar-refractivity contribution in [2.24, 2.45) is 11.8 Å². The van der Waals surface area contributed by atoms with E-state index in [0.717, 1.165) is 24.8 Å². The monoisotopic (exact) mass is 589 g/mol. The van der Waals surface area contributed by atoms with Crippen LogP contribution in [0.2, 0.25) is 5.02 Å². The molecule has 0 bridgehead atoms. The average Bonchev–Trinajstić information content (AvgIpc) is 3.98. The van der Waals surface area contributed by atoms with Gasteiger partial charge in [0.2, 0.25) is 0 Å². The molecule has 5 aromatic rings. The molecule has 2 aromatic heterocycles. The van der Waals surface area contributed by atoms with E-state index < -0.39 is 11.8 Å². The van der Waals surface area contributed by atoms with Crippen molar-refractivity contribution in [2.45, 2.75) is 37.4 Å². The Morgan fingerprint density at radius 1 is 1.05 bits per heavy atom. The van der Waals surface area contributed by atoms with Gasteiger partial charge < -0.3 is 10.6 Å². The summed E-state index contributed by atoms with van der Waals surface area (Å²) in [6.07, 6.45) is 5.99. The van der Waals surface area contributed by atoms with E-state index in [1.54, 1.807) is 35.1 Å². The normalized spacial score (nSPS) is 19.9. The fourth-order valence-electron chi connectivity index (χ4n) is 5.51. The summed E-state index contributed by atoms with van der Waals surface area (Å²) >= 11 is 6.80. The third kappa shape index (κ3) is 5.36. The first-order valence-corrected chi connectivity index (χ1v) is 14.5. The molecule has 4 atom stereocenters. The smallest absolute Gasteiger partial charge is 0.123 e. The number of rotatable bonds is 9. The van der Waals surface area contributed by atoms with Crippen molar-refractivity contribution in [3.05, 3.63) is 112 Å². The number of anilines is 2. The van der Waals surface area contributed by atoms with E-state index in [-0.39, 0.29) is 23.9 Å². The summed E-state index contributed by atoms with van der Waals surface area (Å²) in [5, 5.41) is 36.1. The maximum absolute atomic E-state index is 13.9. The Morgan fingerprint density at radius 3 is 2.53 bits per heavy atom. The van der Waals surface area contributed by atoms with Crippen molar-refractivity contribution in [1.29, 1.82) is 10.5 Å². The minimum atomic E-state index is -1.65. The van der Waals surface area contributed by atoms with Gasteiger partial charge in [0.1, 0.15) is 17.6 Å². The van der Waals surface area contributed by atoms with E-state index in [1.807, 2.05) is 30.3 Å². The summed E-state index contributed by atoms with van der Waals surface area (Å²) in [5.41, 5.74) is 3.62. The highest BCUT2D eigenvalue weighted by atomic mass is 35.5. The van der Waals surface area contributed by atoms with Crippen LogP contribution in [0.15, 0.2) is 79.1 Å². The third-order valence-corrected chi connectivity index (χ3v) is 8.32. The summed E-state index contributed by atoms with van der Waals surface area (Å²) in [5.74, 6) is -0.433. The zero-order valence-electron chi connectivity index (χ0n) is 23.9. The molecule has 10 heteroatoms. The molecular weight excluding hydrogens is 563 g/mol. The number of nitriles is 2. The maximum Gasteiger partial charge on any atom is 0.123 e. The summed E-state index contributed by atoms with van der Waals surface area (Å²) in [6.45, 7) is 0. The number of nitrogens with zero attached hydrogens (tertiary/aromatic N) is 6. The van der Waals surface area contributed by atoms with E-state index in [0.29, 0.717) is 44.1 Å². The lowest BCUT2D eigenvalue weighted by Gasteiger charge is -2.23. The number of aromatic nitrogens is 4. The molecule has 2 unspecified atom stereocenters. The van der Waals surface area contributed by atoms with Crippen LogP contribution in [0.5, 0.6) is 0 Å². The fraction of sp³-hybridized carbons (Fsp3) is 0.242. The van der Waals surface area contributed by atoms with Gasteiger partial charge in [0.05, 0.1) is 59.4 Å². The van der Waals surface area contributed by atoms with Crippen LogP contribution in [0.4, 0.5) is 15.8 Å². The molecule has 212 valence electrons. The molecule has 0 radical (unpaired) electrons. The first kappa shape index (κ1) is 25.7. The highest BCUT2D eigenvalue weighted by Gasteiger charge is 2.44. The zero-order chi connectivity index (χ0) is 30.4. The highest BCUT2D eigenvalue weighted by molar-refractivity contribution is 6.35. The summed E-state index contributed by atoms with van der Waals surface area (Å²) < 4.78 is 25.3. The van der Waals surface area contributed by atoms with Crippen LogP contribution >= 0.6 is 11.6 Å². The van der Waals surface area contributed by atoms with Gasteiger partial charge >= 0.3 is 0 Å². The van der Waals surface area contributed by atoms with Gasteiger partial charge in [-0.15, -0.1) is 5.10 Å². The van der Waals surface area contributed by atoms with Gasteiger partial charge in [0.25, 0.3) is 0 Å². The van der Waals surface area contributed by atoms with Crippen LogP contribution < -0.4 is 10.6 Å². The molecule has 2 fully saturated rings. The van der Waals surface area contributed by atoms with Crippen LogP contribution in [0, 0.1) is 40.3 Å². The SMILES string of the molecule is [2H]C(Nc1cc(Cl)c2ncc(C#N)c(NC(c3ccccc3)[C@@H]3C[C@H]3C#N)c2c1)(c1ccc(F)cc1)c1cn(C2CC2)nn1. The van der Waals surface area contributed by atoms with Gasteiger partial charge in [-0.2, -0.15) is 10.5 Å². The minimum absolute atomic E-state index is 0.0717. The predicted molar refractivity (Wildman–Crippen MR) is 162 cm³/mol. The molecular formula is C33H26ClFN8. The maximum atomic E-state index is 13.9. The second-order valence-electron chi connectivity index (χ2n) is 11.0. The topological polar surface area (TPSA) is 115 Å². The van der Waals surface area contributed by atoms with Gasteiger partial charge in [-0.05, 0) is 54.7 Å². The average molecular weight is 590 g/mol. The fourth-order valence-corrected chi connectivity index (χ4v) is 5.78. The van der Waals surface area contributed by atoms with Gasteiger partial charge in [0, 0.05) is 23.2 Å². The van der Waals surface area contributed by atoms with Crippen LogP contribution in [0.25, 0.3) is 10.9 Å². The molecule has 2 heterocycles. The van der Waals surface area contributed by atoms with E-state index in [2.05, 4.69) is 38.1 Å². The zero-order valence-corrected chi connectivity index (χ0v) is 23.6. The second-order valence-corrected chi connectivity index (χ2v) is 11.4. The molecule has 7 rings (SSSR count). The lowest BCUT2D eigenvalue weighted by Crippen LogP contribution is -2.16. The van der Waals surface area contributed by atoms with Crippen molar-refractivity contribution in [3.63, 3.8) is 0 Å². The third-order valence-electron chi connectivity index (χ3n) is 8.03. The van der Waals surface area contributed by atoms with Crippen LogP contribution in [-0.2, 0) is 0 Å². The molecule has 0 aliphatic heterocycles. The quantitative estimate of drug-likeness (QED) is 0.185. The molecule has 8 nitrogen and oxygen atoms in total. The van der Waals surface area contributed by atoms with Gasteiger partial charge in [0.15, 0.2) is 0 Å². The molecule has 0 spiro atoms. The number of benzene rings is 3. The van der Waals surface area contributed by atoms with Crippen molar-refractivity contribution < 1.29 is 5.76 Å². The Kier molecular flexibility index (Phi) is 6.58. The van der Waals surface area contributed by atoms with Crippen molar-refractivity contribution in [2.75, 3.05) is 10.6 Å². The van der Waals surface area contributed by atoms with E-state index in [1.165, 1.54) is 18.3 Å². The van der Waals surface area contributed by atoms with Gasteiger partial charge in [-0.1, -0.05) is 59.3 Å². The van der Waals surface area contributed by atoms with Crippen LogP contribution in [0.1, 0.15) is 61.1 Å². The van der Waals surface area contributed by atoms with Crippen molar-refractivity contribution in [3.8, 4) is 12.1 Å². The largest absolute Gasteiger partial charge is 0.376 e. The van der Waals surface area contributed by atoms with E-state index in [9.17, 15) is 16.3 Å². The Morgan fingerprint density at radius 2 is 1.84 bits per heavy atom. The number of hydrogen-bond acceptors (Lipinski definition) is 7.